The Bertz CT molecular complexity index is 719. The number of carbonyl (C=O) groups excluding carboxylic acids is 1. The first kappa shape index (κ1) is 19.6. The summed E-state index contributed by atoms with van der Waals surface area (Å²) < 4.78 is 0. The smallest absolute Gasteiger partial charge is 0.227 e. The fourth-order valence-corrected chi connectivity index (χ4v) is 3.95. The van der Waals surface area contributed by atoms with Crippen LogP contribution >= 0.6 is 0 Å². The van der Waals surface area contributed by atoms with Gasteiger partial charge in [0.15, 0.2) is 0 Å². The molecule has 2 aromatic carbocycles. The molecule has 3 atom stereocenters. The van der Waals surface area contributed by atoms with E-state index in [0.717, 1.165) is 38.0 Å². The van der Waals surface area contributed by atoms with Crippen molar-refractivity contribution >= 4 is 5.91 Å². The predicted octanol–water partition coefficient (Wildman–Crippen LogP) is 3.45. The summed E-state index contributed by atoms with van der Waals surface area (Å²) in [5.41, 5.74) is 8.72. The zero-order valence-corrected chi connectivity index (χ0v) is 16.4. The van der Waals surface area contributed by atoms with Crippen LogP contribution in [0, 0.1) is 5.92 Å². The topological polar surface area (TPSA) is 49.6 Å². The molecular formula is C23H31N3O. The molecule has 144 valence electrons. The molecule has 3 rings (SSSR count). The van der Waals surface area contributed by atoms with Gasteiger partial charge in [-0.1, -0.05) is 67.6 Å². The molecule has 4 nitrogen and oxygen atoms in total. The summed E-state index contributed by atoms with van der Waals surface area (Å²) in [6.45, 7) is 4.90. The van der Waals surface area contributed by atoms with Gasteiger partial charge in [-0.15, -0.1) is 0 Å². The molecule has 0 saturated carbocycles. The van der Waals surface area contributed by atoms with Crippen molar-refractivity contribution in [2.45, 2.75) is 38.4 Å². The summed E-state index contributed by atoms with van der Waals surface area (Å²) in [5.74, 6) is -0.0974. The van der Waals surface area contributed by atoms with Gasteiger partial charge in [0.1, 0.15) is 0 Å². The first-order chi connectivity index (χ1) is 13.1. The lowest BCUT2D eigenvalue weighted by molar-refractivity contribution is -0.137. The van der Waals surface area contributed by atoms with Gasteiger partial charge in [-0.2, -0.15) is 0 Å². The van der Waals surface area contributed by atoms with Crippen LogP contribution in [0.4, 0.5) is 0 Å². The Morgan fingerprint density at radius 1 is 1.15 bits per heavy atom. The summed E-state index contributed by atoms with van der Waals surface area (Å²) in [5, 5.41) is 0. The lowest BCUT2D eigenvalue weighted by atomic mass is 9.93. The molecule has 4 heteroatoms. The van der Waals surface area contributed by atoms with Crippen LogP contribution in [0.15, 0.2) is 60.7 Å². The highest BCUT2D eigenvalue weighted by Gasteiger charge is 2.31. The Hall–Kier alpha value is -2.17. The third-order valence-corrected chi connectivity index (χ3v) is 5.74. The van der Waals surface area contributed by atoms with Crippen LogP contribution in [0.1, 0.15) is 36.9 Å². The summed E-state index contributed by atoms with van der Waals surface area (Å²) in [6, 6.07) is 20.4. The monoisotopic (exact) mass is 365 g/mol. The van der Waals surface area contributed by atoms with Crippen molar-refractivity contribution < 1.29 is 4.79 Å². The van der Waals surface area contributed by atoms with Gasteiger partial charge >= 0.3 is 0 Å². The number of likely N-dealkylation sites (N-methyl/N-ethyl adjacent to an activating group) is 1. The van der Waals surface area contributed by atoms with Crippen molar-refractivity contribution in [2.24, 2.45) is 11.7 Å². The van der Waals surface area contributed by atoms with Crippen molar-refractivity contribution in [1.82, 2.24) is 9.80 Å². The lowest BCUT2D eigenvalue weighted by Crippen LogP contribution is -2.50. The van der Waals surface area contributed by atoms with Gasteiger partial charge < -0.3 is 10.6 Å². The molecule has 2 N–H and O–H groups in total. The number of benzene rings is 2. The molecule has 1 aliphatic rings. The normalized spacial score (nSPS) is 20.0. The lowest BCUT2D eigenvalue weighted by Gasteiger charge is -2.39. The first-order valence-corrected chi connectivity index (χ1v) is 9.89. The minimum absolute atomic E-state index is 0.137. The van der Waals surface area contributed by atoms with Crippen molar-refractivity contribution in [3.63, 3.8) is 0 Å². The van der Waals surface area contributed by atoms with Gasteiger partial charge in [0, 0.05) is 32.2 Å². The van der Waals surface area contributed by atoms with Crippen LogP contribution in [-0.4, -0.2) is 41.9 Å². The molecule has 2 aromatic rings. The highest BCUT2D eigenvalue weighted by atomic mass is 16.2. The van der Waals surface area contributed by atoms with E-state index in [0.29, 0.717) is 0 Å². The second-order valence-corrected chi connectivity index (χ2v) is 7.69. The molecule has 0 spiro atoms. The molecule has 1 saturated heterocycles. The predicted molar refractivity (Wildman–Crippen MR) is 110 cm³/mol. The van der Waals surface area contributed by atoms with Gasteiger partial charge in [0.2, 0.25) is 5.91 Å². The summed E-state index contributed by atoms with van der Waals surface area (Å²) in [6.07, 6.45) is 2.18. The number of hydrogen-bond acceptors (Lipinski definition) is 3. The standard InChI is InChI=1S/C23H31N3O/c1-18(22(24)20-12-7-4-8-13-20)23(27)25(2)21-14-9-15-26(17-21)16-19-10-5-3-6-11-19/h3-8,10-13,18,21-22H,9,14-17,24H2,1-2H3. The Morgan fingerprint density at radius 3 is 2.44 bits per heavy atom. The second-order valence-electron chi connectivity index (χ2n) is 7.69. The first-order valence-electron chi connectivity index (χ1n) is 9.89. The van der Waals surface area contributed by atoms with Crippen molar-refractivity contribution in [3.05, 3.63) is 71.8 Å². The van der Waals surface area contributed by atoms with E-state index in [1.54, 1.807) is 0 Å². The number of hydrogen-bond donors (Lipinski definition) is 1. The number of nitrogens with zero attached hydrogens (tertiary/aromatic N) is 2. The van der Waals surface area contributed by atoms with E-state index in [9.17, 15) is 4.79 Å². The largest absolute Gasteiger partial charge is 0.341 e. The van der Waals surface area contributed by atoms with Gasteiger partial charge in [-0.25, -0.2) is 0 Å². The number of rotatable bonds is 6. The summed E-state index contributed by atoms with van der Waals surface area (Å²) >= 11 is 0. The van der Waals surface area contributed by atoms with E-state index in [-0.39, 0.29) is 23.9 Å². The Balaban J connectivity index is 1.60. The van der Waals surface area contributed by atoms with Crippen LogP contribution in [0.25, 0.3) is 0 Å². The number of piperidine rings is 1. The second kappa shape index (κ2) is 9.16. The van der Waals surface area contributed by atoms with E-state index >= 15 is 0 Å². The third kappa shape index (κ3) is 4.96. The van der Waals surface area contributed by atoms with E-state index in [1.807, 2.05) is 55.3 Å². The van der Waals surface area contributed by atoms with Gasteiger partial charge in [-0.3, -0.25) is 9.69 Å². The van der Waals surface area contributed by atoms with Gasteiger partial charge in [0.05, 0.1) is 5.92 Å². The van der Waals surface area contributed by atoms with Crippen LogP contribution in [-0.2, 0) is 11.3 Å². The van der Waals surface area contributed by atoms with Crippen molar-refractivity contribution in [2.75, 3.05) is 20.1 Å². The Labute approximate surface area is 163 Å². The van der Waals surface area contributed by atoms with Crippen LogP contribution in [0.3, 0.4) is 0 Å². The Morgan fingerprint density at radius 2 is 1.78 bits per heavy atom. The molecule has 1 heterocycles. The molecule has 27 heavy (non-hydrogen) atoms. The van der Waals surface area contributed by atoms with Crippen LogP contribution in [0.5, 0.6) is 0 Å². The minimum atomic E-state index is -0.273. The maximum absolute atomic E-state index is 13.0. The number of nitrogens with two attached hydrogens (primary N) is 1. The molecule has 1 aliphatic heterocycles. The highest BCUT2D eigenvalue weighted by Crippen LogP contribution is 2.24. The number of amides is 1. The average Bonchev–Trinajstić information content (AvgIpc) is 2.73. The zero-order chi connectivity index (χ0) is 19.2. The highest BCUT2D eigenvalue weighted by molar-refractivity contribution is 5.79. The molecular weight excluding hydrogens is 334 g/mol. The van der Waals surface area contributed by atoms with Gasteiger partial charge in [-0.05, 0) is 30.5 Å². The maximum atomic E-state index is 13.0. The fraction of sp³-hybridized carbons (Fsp3) is 0.435. The van der Waals surface area contributed by atoms with E-state index < -0.39 is 0 Å². The quantitative estimate of drug-likeness (QED) is 0.853. The van der Waals surface area contributed by atoms with E-state index in [1.165, 1.54) is 5.56 Å². The third-order valence-electron chi connectivity index (χ3n) is 5.74. The summed E-state index contributed by atoms with van der Waals surface area (Å²) in [4.78, 5) is 17.4. The average molecular weight is 366 g/mol. The summed E-state index contributed by atoms with van der Waals surface area (Å²) in [7, 11) is 1.94. The number of likely N-dealkylation sites (tertiary alicyclic amines) is 1. The van der Waals surface area contributed by atoms with Crippen molar-refractivity contribution in [1.29, 1.82) is 0 Å². The van der Waals surface area contributed by atoms with E-state index in [2.05, 4.69) is 29.2 Å². The van der Waals surface area contributed by atoms with Crippen LogP contribution < -0.4 is 5.73 Å². The molecule has 0 radical (unpaired) electrons. The maximum Gasteiger partial charge on any atom is 0.227 e. The van der Waals surface area contributed by atoms with Gasteiger partial charge in [0.25, 0.3) is 0 Å². The minimum Gasteiger partial charge on any atom is -0.341 e. The fourth-order valence-electron chi connectivity index (χ4n) is 3.95. The van der Waals surface area contributed by atoms with E-state index in [4.69, 9.17) is 5.73 Å². The SMILES string of the molecule is CC(C(=O)N(C)C1CCCN(Cc2ccccc2)C1)C(N)c1ccccc1. The zero-order valence-electron chi connectivity index (χ0n) is 16.4. The molecule has 0 bridgehead atoms. The molecule has 1 amide bonds. The van der Waals surface area contributed by atoms with Crippen molar-refractivity contribution in [3.8, 4) is 0 Å². The molecule has 1 fully saturated rings. The Kier molecular flexibility index (Phi) is 6.64. The number of carbonyl (C=O) groups is 1. The molecule has 3 unspecified atom stereocenters. The van der Waals surface area contributed by atoms with Crippen LogP contribution in [0.2, 0.25) is 0 Å². The molecule has 0 aliphatic carbocycles. The molecule has 0 aromatic heterocycles.